The van der Waals surface area contributed by atoms with Gasteiger partial charge in [0, 0.05) is 0 Å². The van der Waals surface area contributed by atoms with E-state index >= 15 is 0 Å². The van der Waals surface area contributed by atoms with E-state index in [0.29, 0.717) is 19.8 Å². The molecule has 0 fully saturated rings. The number of rotatable bonds is 6. The second-order valence-electron chi connectivity index (χ2n) is 2.95. The number of ether oxygens (including phenoxy) is 2. The highest BCUT2D eigenvalue weighted by Crippen LogP contribution is 2.15. The van der Waals surface area contributed by atoms with Crippen LogP contribution in [0, 0.1) is 6.92 Å². The van der Waals surface area contributed by atoms with Crippen LogP contribution >= 0.6 is 0 Å². The van der Waals surface area contributed by atoms with Crippen LogP contribution in [0.4, 0.5) is 0 Å². The first kappa shape index (κ1) is 11.0. The second kappa shape index (κ2) is 6.40. The van der Waals surface area contributed by atoms with Gasteiger partial charge in [0.05, 0.1) is 19.8 Å². The normalized spacial score (nSPS) is 10.1. The van der Waals surface area contributed by atoms with Gasteiger partial charge in [-0.25, -0.2) is 0 Å². The number of aliphatic hydroxyl groups is 1. The molecule has 1 aromatic rings. The lowest BCUT2D eigenvalue weighted by Crippen LogP contribution is -2.09. The Labute approximate surface area is 84.3 Å². The summed E-state index contributed by atoms with van der Waals surface area (Å²) in [7, 11) is 0. The predicted octanol–water partition coefficient (Wildman–Crippen LogP) is 1.38. The van der Waals surface area contributed by atoms with E-state index in [9.17, 15) is 0 Å². The van der Waals surface area contributed by atoms with E-state index in [4.69, 9.17) is 14.6 Å². The fourth-order valence-corrected chi connectivity index (χ4v) is 1.10. The molecule has 78 valence electrons. The first-order valence-corrected chi connectivity index (χ1v) is 4.71. The summed E-state index contributed by atoms with van der Waals surface area (Å²) in [5.74, 6) is 0.889. The number of hydrogen-bond acceptors (Lipinski definition) is 3. The van der Waals surface area contributed by atoms with Crippen LogP contribution in [-0.4, -0.2) is 31.5 Å². The molecule has 0 saturated heterocycles. The van der Waals surface area contributed by atoms with Crippen LogP contribution in [0.5, 0.6) is 5.75 Å². The van der Waals surface area contributed by atoms with Crippen molar-refractivity contribution in [2.75, 3.05) is 26.4 Å². The van der Waals surface area contributed by atoms with Gasteiger partial charge in [-0.1, -0.05) is 18.2 Å². The maximum Gasteiger partial charge on any atom is 0.122 e. The van der Waals surface area contributed by atoms with Crippen molar-refractivity contribution in [3.05, 3.63) is 29.8 Å². The number of aliphatic hydroxyl groups excluding tert-OH is 1. The molecule has 3 nitrogen and oxygen atoms in total. The Balaban J connectivity index is 2.21. The highest BCUT2D eigenvalue weighted by atomic mass is 16.5. The van der Waals surface area contributed by atoms with Gasteiger partial charge in [-0.15, -0.1) is 0 Å². The Bertz CT molecular complexity index is 260. The summed E-state index contributed by atoms with van der Waals surface area (Å²) < 4.78 is 10.5. The molecule has 14 heavy (non-hydrogen) atoms. The van der Waals surface area contributed by atoms with E-state index in [1.165, 1.54) is 0 Å². The third kappa shape index (κ3) is 3.77. The van der Waals surface area contributed by atoms with Crippen LogP contribution in [0.25, 0.3) is 0 Å². The molecule has 0 heterocycles. The number of para-hydroxylation sites is 1. The quantitative estimate of drug-likeness (QED) is 0.699. The second-order valence-corrected chi connectivity index (χ2v) is 2.95. The number of benzene rings is 1. The lowest BCUT2D eigenvalue weighted by atomic mass is 10.2. The molecule has 0 amide bonds. The minimum absolute atomic E-state index is 0.0599. The standard InChI is InChI=1S/C11H16O3/c1-10-4-2-3-5-11(10)14-9-8-13-7-6-12/h2-5,12H,6-9H2,1H3. The largest absolute Gasteiger partial charge is 0.491 e. The molecule has 0 unspecified atom stereocenters. The van der Waals surface area contributed by atoms with Crippen LogP contribution in [0.3, 0.4) is 0 Å². The monoisotopic (exact) mass is 196 g/mol. The van der Waals surface area contributed by atoms with E-state index < -0.39 is 0 Å². The Morgan fingerprint density at radius 3 is 2.64 bits per heavy atom. The van der Waals surface area contributed by atoms with Gasteiger partial charge < -0.3 is 14.6 Å². The van der Waals surface area contributed by atoms with Crippen LogP contribution in [0.15, 0.2) is 24.3 Å². The molecule has 1 rings (SSSR count). The van der Waals surface area contributed by atoms with Gasteiger partial charge in [0.25, 0.3) is 0 Å². The van der Waals surface area contributed by atoms with Gasteiger partial charge in [-0.3, -0.25) is 0 Å². The average Bonchev–Trinajstić information content (AvgIpc) is 2.20. The topological polar surface area (TPSA) is 38.7 Å². The van der Waals surface area contributed by atoms with Gasteiger partial charge in [-0.2, -0.15) is 0 Å². The molecule has 1 aromatic carbocycles. The fourth-order valence-electron chi connectivity index (χ4n) is 1.10. The van der Waals surface area contributed by atoms with Crippen molar-refractivity contribution in [2.45, 2.75) is 6.92 Å². The van der Waals surface area contributed by atoms with E-state index in [2.05, 4.69) is 0 Å². The summed E-state index contributed by atoms with van der Waals surface area (Å²) >= 11 is 0. The summed E-state index contributed by atoms with van der Waals surface area (Å²) in [5, 5.41) is 8.46. The summed E-state index contributed by atoms with van der Waals surface area (Å²) in [6.07, 6.45) is 0. The third-order valence-electron chi connectivity index (χ3n) is 1.81. The molecule has 0 aliphatic heterocycles. The van der Waals surface area contributed by atoms with Crippen LogP contribution in [0.2, 0.25) is 0 Å². The van der Waals surface area contributed by atoms with Gasteiger partial charge >= 0.3 is 0 Å². The maximum absolute atomic E-state index is 8.46. The lowest BCUT2D eigenvalue weighted by Gasteiger charge is -2.08. The van der Waals surface area contributed by atoms with Crippen molar-refractivity contribution < 1.29 is 14.6 Å². The molecule has 0 saturated carbocycles. The van der Waals surface area contributed by atoms with Gasteiger partial charge in [0.15, 0.2) is 0 Å². The molecule has 0 aromatic heterocycles. The first-order chi connectivity index (χ1) is 6.84. The van der Waals surface area contributed by atoms with Gasteiger partial charge in [-0.05, 0) is 18.6 Å². The smallest absolute Gasteiger partial charge is 0.122 e. The van der Waals surface area contributed by atoms with Crippen molar-refractivity contribution >= 4 is 0 Å². The van der Waals surface area contributed by atoms with Crippen molar-refractivity contribution in [3.8, 4) is 5.75 Å². The van der Waals surface area contributed by atoms with Crippen molar-refractivity contribution in [1.82, 2.24) is 0 Å². The summed E-state index contributed by atoms with van der Waals surface area (Å²) in [6.45, 7) is 3.46. The molecule has 0 aliphatic carbocycles. The highest BCUT2D eigenvalue weighted by Gasteiger charge is 1.96. The van der Waals surface area contributed by atoms with E-state index in [1.807, 2.05) is 31.2 Å². The Kier molecular flexibility index (Phi) is 5.04. The Hall–Kier alpha value is -1.06. The van der Waals surface area contributed by atoms with Crippen molar-refractivity contribution in [3.63, 3.8) is 0 Å². The molecule has 0 radical (unpaired) electrons. The summed E-state index contributed by atoms with van der Waals surface area (Å²) in [5.41, 5.74) is 1.12. The lowest BCUT2D eigenvalue weighted by molar-refractivity contribution is 0.0704. The molecular formula is C11H16O3. The van der Waals surface area contributed by atoms with Gasteiger partial charge in [0.2, 0.25) is 0 Å². The minimum atomic E-state index is 0.0599. The maximum atomic E-state index is 8.46. The zero-order chi connectivity index (χ0) is 10.2. The molecular weight excluding hydrogens is 180 g/mol. The van der Waals surface area contributed by atoms with Crippen LogP contribution < -0.4 is 4.74 Å². The molecule has 0 bridgehead atoms. The third-order valence-corrected chi connectivity index (χ3v) is 1.81. The highest BCUT2D eigenvalue weighted by molar-refractivity contribution is 5.31. The first-order valence-electron chi connectivity index (χ1n) is 4.71. The number of aryl methyl sites for hydroxylation is 1. The molecule has 0 aliphatic rings. The molecule has 0 atom stereocenters. The van der Waals surface area contributed by atoms with Crippen LogP contribution in [-0.2, 0) is 4.74 Å². The zero-order valence-corrected chi connectivity index (χ0v) is 8.40. The Morgan fingerprint density at radius 1 is 1.14 bits per heavy atom. The SMILES string of the molecule is Cc1ccccc1OCCOCCO. The number of hydrogen-bond donors (Lipinski definition) is 1. The molecule has 1 N–H and O–H groups in total. The summed E-state index contributed by atoms with van der Waals surface area (Å²) in [4.78, 5) is 0. The minimum Gasteiger partial charge on any atom is -0.491 e. The van der Waals surface area contributed by atoms with E-state index in [-0.39, 0.29) is 6.61 Å². The Morgan fingerprint density at radius 2 is 1.93 bits per heavy atom. The predicted molar refractivity (Wildman–Crippen MR) is 54.6 cm³/mol. The van der Waals surface area contributed by atoms with Gasteiger partial charge in [0.1, 0.15) is 12.4 Å². The molecule has 0 spiro atoms. The average molecular weight is 196 g/mol. The van der Waals surface area contributed by atoms with E-state index in [1.54, 1.807) is 0 Å². The zero-order valence-electron chi connectivity index (χ0n) is 8.40. The van der Waals surface area contributed by atoms with E-state index in [0.717, 1.165) is 11.3 Å². The summed E-state index contributed by atoms with van der Waals surface area (Å²) in [6, 6.07) is 7.85. The van der Waals surface area contributed by atoms with Crippen LogP contribution in [0.1, 0.15) is 5.56 Å². The molecule has 3 heteroatoms. The van der Waals surface area contributed by atoms with Crippen molar-refractivity contribution in [1.29, 1.82) is 0 Å². The fraction of sp³-hybridized carbons (Fsp3) is 0.455. The van der Waals surface area contributed by atoms with Crippen molar-refractivity contribution in [2.24, 2.45) is 0 Å².